The van der Waals surface area contributed by atoms with Crippen LogP contribution >= 0.6 is 39.1 Å². The molecule has 22 heavy (non-hydrogen) atoms. The summed E-state index contributed by atoms with van der Waals surface area (Å²) < 4.78 is 0.865. The summed E-state index contributed by atoms with van der Waals surface area (Å²) in [6.45, 7) is 0. The molecule has 1 N–H and O–H groups in total. The second kappa shape index (κ2) is 6.60. The van der Waals surface area contributed by atoms with Crippen LogP contribution in [-0.2, 0) is 0 Å². The lowest BCUT2D eigenvalue weighted by atomic mass is 10.1. The highest BCUT2D eigenvalue weighted by molar-refractivity contribution is 9.10. The Morgan fingerprint density at radius 3 is 2.50 bits per heavy atom. The average molecular weight is 396 g/mol. The molecular formula is C15H9BrCl2N4. The van der Waals surface area contributed by atoms with Gasteiger partial charge < -0.3 is 5.32 Å². The van der Waals surface area contributed by atoms with Crippen molar-refractivity contribution in [1.29, 1.82) is 0 Å². The van der Waals surface area contributed by atoms with Crippen LogP contribution in [0.5, 0.6) is 0 Å². The summed E-state index contributed by atoms with van der Waals surface area (Å²) >= 11 is 15.5. The highest BCUT2D eigenvalue weighted by Crippen LogP contribution is 2.28. The largest absolute Gasteiger partial charge is 0.323 e. The fraction of sp³-hybridized carbons (Fsp3) is 0. The fourth-order valence-corrected chi connectivity index (χ4v) is 2.54. The summed E-state index contributed by atoms with van der Waals surface area (Å²) in [6.07, 6.45) is 4.95. The SMILES string of the molecule is Clc1ccc(-c2nc(Nc3cncc(Br)c3)ncc2Cl)cc1. The van der Waals surface area contributed by atoms with E-state index >= 15 is 0 Å². The summed E-state index contributed by atoms with van der Waals surface area (Å²) in [5.74, 6) is 0.439. The van der Waals surface area contributed by atoms with Gasteiger partial charge in [0.1, 0.15) is 0 Å². The zero-order valence-electron chi connectivity index (χ0n) is 11.1. The standard InChI is InChI=1S/C15H9BrCl2N4/c16-10-5-12(7-19-6-10)21-15-20-8-13(18)14(22-15)9-1-3-11(17)4-2-9/h1-8H,(H,20,21,22). The van der Waals surface area contributed by atoms with Crippen LogP contribution in [0.2, 0.25) is 10.0 Å². The predicted molar refractivity (Wildman–Crippen MR) is 92.7 cm³/mol. The number of aromatic nitrogens is 3. The number of benzene rings is 1. The molecule has 110 valence electrons. The van der Waals surface area contributed by atoms with Crippen LogP contribution in [0.4, 0.5) is 11.6 Å². The number of anilines is 2. The zero-order chi connectivity index (χ0) is 15.5. The molecule has 0 saturated carbocycles. The molecule has 3 aromatic rings. The van der Waals surface area contributed by atoms with Crippen molar-refractivity contribution in [3.8, 4) is 11.3 Å². The Morgan fingerprint density at radius 1 is 1.00 bits per heavy atom. The third-order valence-electron chi connectivity index (χ3n) is 2.82. The number of nitrogens with zero attached hydrogens (tertiary/aromatic N) is 3. The Balaban J connectivity index is 1.94. The maximum atomic E-state index is 6.19. The van der Waals surface area contributed by atoms with E-state index in [-0.39, 0.29) is 0 Å². The monoisotopic (exact) mass is 394 g/mol. The highest BCUT2D eigenvalue weighted by Gasteiger charge is 2.08. The van der Waals surface area contributed by atoms with Gasteiger partial charge in [0.05, 0.1) is 28.8 Å². The van der Waals surface area contributed by atoms with Crippen LogP contribution < -0.4 is 5.32 Å². The molecular weight excluding hydrogens is 387 g/mol. The van der Waals surface area contributed by atoms with E-state index in [1.807, 2.05) is 18.2 Å². The van der Waals surface area contributed by atoms with E-state index in [0.717, 1.165) is 15.7 Å². The Labute approximate surface area is 145 Å². The summed E-state index contributed by atoms with van der Waals surface area (Å²) in [7, 11) is 0. The summed E-state index contributed by atoms with van der Waals surface area (Å²) in [6, 6.07) is 9.19. The molecule has 4 nitrogen and oxygen atoms in total. The second-order valence-corrected chi connectivity index (χ2v) is 6.17. The second-order valence-electron chi connectivity index (χ2n) is 4.41. The van der Waals surface area contributed by atoms with Crippen molar-refractivity contribution < 1.29 is 0 Å². The first-order valence-corrected chi connectivity index (χ1v) is 7.83. The molecule has 0 spiro atoms. The fourth-order valence-electron chi connectivity index (χ4n) is 1.85. The molecule has 0 aliphatic rings. The Morgan fingerprint density at radius 2 is 1.77 bits per heavy atom. The first-order valence-electron chi connectivity index (χ1n) is 6.28. The molecule has 2 aromatic heterocycles. The number of hydrogen-bond acceptors (Lipinski definition) is 4. The minimum absolute atomic E-state index is 0.439. The van der Waals surface area contributed by atoms with Gasteiger partial charge in [0.2, 0.25) is 5.95 Å². The Kier molecular flexibility index (Phi) is 4.57. The van der Waals surface area contributed by atoms with Gasteiger partial charge >= 0.3 is 0 Å². The van der Waals surface area contributed by atoms with E-state index in [0.29, 0.717) is 21.7 Å². The first kappa shape index (κ1) is 15.2. The van der Waals surface area contributed by atoms with Gasteiger partial charge in [-0.3, -0.25) is 4.98 Å². The molecule has 0 unspecified atom stereocenters. The van der Waals surface area contributed by atoms with Crippen LogP contribution in [0.15, 0.2) is 53.4 Å². The Hall–Kier alpha value is -1.69. The van der Waals surface area contributed by atoms with Gasteiger partial charge in [-0.15, -0.1) is 0 Å². The molecule has 0 bridgehead atoms. The normalized spacial score (nSPS) is 10.5. The number of rotatable bonds is 3. The van der Waals surface area contributed by atoms with Crippen molar-refractivity contribution in [3.63, 3.8) is 0 Å². The lowest BCUT2D eigenvalue weighted by Gasteiger charge is -2.08. The maximum Gasteiger partial charge on any atom is 0.227 e. The third-order valence-corrected chi connectivity index (χ3v) is 3.79. The number of nitrogens with one attached hydrogen (secondary N) is 1. The summed E-state index contributed by atoms with van der Waals surface area (Å²) in [5, 5.41) is 4.23. The van der Waals surface area contributed by atoms with Gasteiger partial charge in [0.25, 0.3) is 0 Å². The first-order chi connectivity index (χ1) is 10.6. The van der Waals surface area contributed by atoms with Crippen molar-refractivity contribution in [2.45, 2.75) is 0 Å². The van der Waals surface area contributed by atoms with Gasteiger partial charge in [-0.25, -0.2) is 9.97 Å². The molecule has 0 fully saturated rings. The van der Waals surface area contributed by atoms with Crippen molar-refractivity contribution >= 4 is 50.8 Å². The van der Waals surface area contributed by atoms with Crippen LogP contribution in [-0.4, -0.2) is 15.0 Å². The molecule has 0 aliphatic carbocycles. The maximum absolute atomic E-state index is 6.19. The topological polar surface area (TPSA) is 50.7 Å². The number of hydrogen-bond donors (Lipinski definition) is 1. The van der Waals surface area contributed by atoms with Crippen molar-refractivity contribution in [2.24, 2.45) is 0 Å². The highest BCUT2D eigenvalue weighted by atomic mass is 79.9. The average Bonchev–Trinajstić information content (AvgIpc) is 2.50. The summed E-state index contributed by atoms with van der Waals surface area (Å²) in [5.41, 5.74) is 2.28. The van der Waals surface area contributed by atoms with E-state index in [2.05, 4.69) is 36.2 Å². The molecule has 2 heterocycles. The van der Waals surface area contributed by atoms with E-state index in [1.54, 1.807) is 30.7 Å². The molecule has 0 aliphatic heterocycles. The predicted octanol–water partition coefficient (Wildman–Crippen LogP) is 5.35. The Bertz CT molecular complexity index is 809. The van der Waals surface area contributed by atoms with E-state index in [9.17, 15) is 0 Å². The van der Waals surface area contributed by atoms with Crippen molar-refractivity contribution in [1.82, 2.24) is 15.0 Å². The molecule has 7 heteroatoms. The lowest BCUT2D eigenvalue weighted by molar-refractivity contribution is 1.16. The molecule has 0 atom stereocenters. The quantitative estimate of drug-likeness (QED) is 0.649. The molecule has 0 amide bonds. The van der Waals surface area contributed by atoms with E-state index < -0.39 is 0 Å². The van der Waals surface area contributed by atoms with Crippen LogP contribution in [0.3, 0.4) is 0 Å². The molecule has 1 aromatic carbocycles. The van der Waals surface area contributed by atoms with Gasteiger partial charge in [0.15, 0.2) is 0 Å². The smallest absolute Gasteiger partial charge is 0.227 e. The van der Waals surface area contributed by atoms with E-state index in [1.165, 1.54) is 0 Å². The van der Waals surface area contributed by atoms with E-state index in [4.69, 9.17) is 23.2 Å². The minimum Gasteiger partial charge on any atom is -0.323 e. The van der Waals surface area contributed by atoms with Crippen molar-refractivity contribution in [2.75, 3.05) is 5.32 Å². The van der Waals surface area contributed by atoms with Gasteiger partial charge in [-0.2, -0.15) is 0 Å². The molecule has 0 saturated heterocycles. The molecule has 0 radical (unpaired) electrons. The van der Waals surface area contributed by atoms with Gasteiger partial charge in [-0.1, -0.05) is 35.3 Å². The van der Waals surface area contributed by atoms with Crippen LogP contribution in [0, 0.1) is 0 Å². The van der Waals surface area contributed by atoms with Crippen molar-refractivity contribution in [3.05, 3.63) is 63.4 Å². The minimum atomic E-state index is 0.439. The van der Waals surface area contributed by atoms with Gasteiger partial charge in [0, 0.05) is 21.3 Å². The van der Waals surface area contributed by atoms with Crippen LogP contribution in [0.25, 0.3) is 11.3 Å². The van der Waals surface area contributed by atoms with Crippen LogP contribution in [0.1, 0.15) is 0 Å². The molecule has 3 rings (SSSR count). The lowest BCUT2D eigenvalue weighted by Crippen LogP contribution is -1.99. The number of halogens is 3. The summed E-state index contributed by atoms with van der Waals surface area (Å²) in [4.78, 5) is 12.7. The zero-order valence-corrected chi connectivity index (χ0v) is 14.2. The van der Waals surface area contributed by atoms with Gasteiger partial charge in [-0.05, 0) is 34.1 Å². The third kappa shape index (κ3) is 3.55. The number of pyridine rings is 1.